The number of hydrogen-bond acceptors (Lipinski definition) is 7. The quantitative estimate of drug-likeness (QED) is 0.139. The Bertz CT molecular complexity index is 1820. The largest absolute Gasteiger partial charge is 0.469 e. The Kier molecular flexibility index (Phi) is 9.05. The summed E-state index contributed by atoms with van der Waals surface area (Å²) in [7, 11) is 3.22. The van der Waals surface area contributed by atoms with Gasteiger partial charge in [-0.3, -0.25) is 19.3 Å². The van der Waals surface area contributed by atoms with Crippen molar-refractivity contribution in [2.24, 2.45) is 17.8 Å². The van der Waals surface area contributed by atoms with E-state index in [1.165, 1.54) is 12.0 Å². The number of amidine groups is 1. The molecule has 44 heavy (non-hydrogen) atoms. The van der Waals surface area contributed by atoms with E-state index in [1.807, 2.05) is 35.9 Å². The van der Waals surface area contributed by atoms with Crippen molar-refractivity contribution >= 4 is 46.2 Å². The number of nitrogens with two attached hydrogens (primary N) is 1. The third-order valence-corrected chi connectivity index (χ3v) is 7.03. The summed E-state index contributed by atoms with van der Waals surface area (Å²) in [6.45, 7) is 0.542. The molecular weight excluding hydrogens is 558 g/mol. The highest BCUT2D eigenvalue weighted by Crippen LogP contribution is 2.21. The maximum atomic E-state index is 13.5. The SMILES string of the molecule is COC(=O)CCN(C(=O)c1ccc2c(c1)nc(CNc1ccc(C(N)=NC(=O)c3ccccc3)cc1)n2C)c1ccccn1. The van der Waals surface area contributed by atoms with Gasteiger partial charge in [0.2, 0.25) is 0 Å². The lowest BCUT2D eigenvalue weighted by atomic mass is 10.1. The molecule has 0 spiro atoms. The van der Waals surface area contributed by atoms with Crippen LogP contribution >= 0.6 is 0 Å². The molecule has 0 radical (unpaired) electrons. The molecule has 0 saturated heterocycles. The molecule has 2 heterocycles. The van der Waals surface area contributed by atoms with Crippen LogP contribution in [0, 0.1) is 0 Å². The van der Waals surface area contributed by atoms with Crippen LogP contribution in [0.2, 0.25) is 0 Å². The van der Waals surface area contributed by atoms with Gasteiger partial charge in [-0.25, -0.2) is 9.97 Å². The van der Waals surface area contributed by atoms with Gasteiger partial charge in [0.15, 0.2) is 0 Å². The summed E-state index contributed by atoms with van der Waals surface area (Å²) in [5, 5.41) is 3.35. The smallest absolute Gasteiger partial charge is 0.307 e. The number of anilines is 2. The van der Waals surface area contributed by atoms with E-state index in [2.05, 4.69) is 15.3 Å². The zero-order valence-corrected chi connectivity index (χ0v) is 24.3. The van der Waals surface area contributed by atoms with Gasteiger partial charge in [-0.2, -0.15) is 4.99 Å². The third kappa shape index (κ3) is 6.79. The van der Waals surface area contributed by atoms with Crippen LogP contribution in [0.5, 0.6) is 0 Å². The Morgan fingerprint density at radius 2 is 1.66 bits per heavy atom. The molecular formula is C33H31N7O4. The zero-order chi connectivity index (χ0) is 31.1. The molecule has 5 aromatic rings. The number of aromatic nitrogens is 3. The minimum absolute atomic E-state index is 0.0344. The summed E-state index contributed by atoms with van der Waals surface area (Å²) in [4.78, 5) is 52.2. The van der Waals surface area contributed by atoms with Crippen LogP contribution in [0.15, 0.2) is 102 Å². The van der Waals surface area contributed by atoms with E-state index in [-0.39, 0.29) is 24.7 Å². The monoisotopic (exact) mass is 589 g/mol. The van der Waals surface area contributed by atoms with Crippen LogP contribution in [0.1, 0.15) is 38.5 Å². The van der Waals surface area contributed by atoms with E-state index in [0.717, 1.165) is 17.0 Å². The first kappa shape index (κ1) is 29.6. The molecule has 11 heteroatoms. The lowest BCUT2D eigenvalue weighted by Crippen LogP contribution is -2.33. The Morgan fingerprint density at radius 3 is 2.36 bits per heavy atom. The van der Waals surface area contributed by atoms with Crippen LogP contribution in [-0.4, -0.2) is 51.8 Å². The van der Waals surface area contributed by atoms with E-state index in [9.17, 15) is 14.4 Å². The second kappa shape index (κ2) is 13.4. The molecule has 3 aromatic carbocycles. The molecule has 0 aliphatic carbocycles. The van der Waals surface area contributed by atoms with Gasteiger partial charge >= 0.3 is 5.97 Å². The van der Waals surface area contributed by atoms with Gasteiger partial charge in [0, 0.05) is 42.2 Å². The van der Waals surface area contributed by atoms with E-state index in [0.29, 0.717) is 34.6 Å². The number of pyridine rings is 1. The first-order valence-electron chi connectivity index (χ1n) is 13.9. The van der Waals surface area contributed by atoms with Crippen LogP contribution in [0.25, 0.3) is 11.0 Å². The number of methoxy groups -OCH3 is 1. The van der Waals surface area contributed by atoms with Crippen LogP contribution in [-0.2, 0) is 23.1 Å². The predicted molar refractivity (Wildman–Crippen MR) is 169 cm³/mol. The van der Waals surface area contributed by atoms with Crippen molar-refractivity contribution in [3.05, 3.63) is 120 Å². The number of hydrogen-bond donors (Lipinski definition) is 2. The minimum Gasteiger partial charge on any atom is -0.469 e. The number of amides is 2. The van der Waals surface area contributed by atoms with Crippen molar-refractivity contribution in [2.75, 3.05) is 23.9 Å². The predicted octanol–water partition coefficient (Wildman–Crippen LogP) is 4.34. The molecule has 222 valence electrons. The van der Waals surface area contributed by atoms with Crippen LogP contribution in [0.3, 0.4) is 0 Å². The van der Waals surface area contributed by atoms with Crippen molar-refractivity contribution < 1.29 is 19.1 Å². The number of imidazole rings is 1. The summed E-state index contributed by atoms with van der Waals surface area (Å²) in [5.74, 6) is 0.221. The van der Waals surface area contributed by atoms with Gasteiger partial charge in [0.25, 0.3) is 11.8 Å². The summed E-state index contributed by atoms with van der Waals surface area (Å²) in [6.07, 6.45) is 1.63. The normalized spacial score (nSPS) is 11.3. The summed E-state index contributed by atoms with van der Waals surface area (Å²) >= 11 is 0. The molecule has 2 aromatic heterocycles. The average Bonchev–Trinajstić information content (AvgIpc) is 3.38. The highest BCUT2D eigenvalue weighted by Gasteiger charge is 2.21. The first-order valence-corrected chi connectivity index (χ1v) is 13.9. The van der Waals surface area contributed by atoms with Gasteiger partial charge in [0.1, 0.15) is 17.5 Å². The van der Waals surface area contributed by atoms with Gasteiger partial charge in [-0.15, -0.1) is 0 Å². The number of carbonyl (C=O) groups is 3. The Labute approximate surface area is 254 Å². The van der Waals surface area contributed by atoms with E-state index >= 15 is 0 Å². The molecule has 2 amide bonds. The summed E-state index contributed by atoms with van der Waals surface area (Å²) < 4.78 is 6.71. The maximum Gasteiger partial charge on any atom is 0.307 e. The van der Waals surface area contributed by atoms with Crippen LogP contribution < -0.4 is 16.0 Å². The maximum absolute atomic E-state index is 13.5. The Balaban J connectivity index is 1.28. The van der Waals surface area contributed by atoms with Gasteiger partial charge < -0.3 is 20.4 Å². The van der Waals surface area contributed by atoms with E-state index in [4.69, 9.17) is 15.5 Å². The fourth-order valence-electron chi connectivity index (χ4n) is 4.59. The van der Waals surface area contributed by atoms with Crippen molar-refractivity contribution in [3.63, 3.8) is 0 Å². The molecule has 0 saturated carbocycles. The fraction of sp³-hybridized carbons (Fsp3) is 0.152. The minimum atomic E-state index is -0.416. The topological polar surface area (TPSA) is 145 Å². The van der Waals surface area contributed by atoms with Gasteiger partial charge in [-0.1, -0.05) is 24.3 Å². The molecule has 0 aliphatic heterocycles. The number of nitrogens with one attached hydrogen (secondary N) is 1. The number of aliphatic imine (C=N–C) groups is 1. The lowest BCUT2D eigenvalue weighted by molar-refractivity contribution is -0.140. The zero-order valence-electron chi connectivity index (χ0n) is 24.3. The molecule has 11 nitrogen and oxygen atoms in total. The average molecular weight is 590 g/mol. The fourth-order valence-corrected chi connectivity index (χ4v) is 4.59. The number of carbonyl (C=O) groups excluding carboxylic acids is 3. The van der Waals surface area contributed by atoms with E-state index in [1.54, 1.807) is 72.9 Å². The molecule has 0 bridgehead atoms. The first-order chi connectivity index (χ1) is 21.3. The highest BCUT2D eigenvalue weighted by atomic mass is 16.5. The second-order valence-corrected chi connectivity index (χ2v) is 9.86. The number of benzene rings is 3. The molecule has 0 atom stereocenters. The highest BCUT2D eigenvalue weighted by molar-refractivity contribution is 6.09. The molecule has 0 fully saturated rings. The molecule has 5 rings (SSSR count). The van der Waals surface area contributed by atoms with Crippen molar-refractivity contribution in [3.8, 4) is 0 Å². The number of ether oxygens (including phenoxy) is 1. The van der Waals surface area contributed by atoms with E-state index < -0.39 is 11.9 Å². The number of aryl methyl sites for hydroxylation is 1. The summed E-state index contributed by atoms with van der Waals surface area (Å²) in [6, 6.07) is 26.6. The second-order valence-electron chi connectivity index (χ2n) is 9.86. The van der Waals surface area contributed by atoms with Gasteiger partial charge in [0.05, 0.1) is 31.1 Å². The molecule has 0 aliphatic rings. The van der Waals surface area contributed by atoms with Crippen molar-refractivity contribution in [1.82, 2.24) is 14.5 Å². The number of esters is 1. The third-order valence-electron chi connectivity index (χ3n) is 7.03. The number of rotatable bonds is 10. The molecule has 3 N–H and O–H groups in total. The lowest BCUT2D eigenvalue weighted by Gasteiger charge is -2.21. The standard InChI is InChI=1S/C33H31N7O4/c1-39-27-16-13-24(33(43)40(19-17-30(41)44-2)28-10-6-7-18-35-28)20-26(27)37-29(39)21-36-25-14-11-22(12-15-25)31(34)38-32(42)23-8-4-3-5-9-23/h3-16,18,20,36H,17,19,21H2,1-2H3,(H2,34,38,42). The van der Waals surface area contributed by atoms with Gasteiger partial charge in [-0.05, 0) is 66.7 Å². The van der Waals surface area contributed by atoms with Crippen molar-refractivity contribution in [1.29, 1.82) is 0 Å². The number of fused-ring (bicyclic) bond motifs is 1. The Hall–Kier alpha value is -5.84. The van der Waals surface area contributed by atoms with Crippen molar-refractivity contribution in [2.45, 2.75) is 13.0 Å². The molecule has 0 unspecified atom stereocenters. The summed E-state index contributed by atoms with van der Waals surface area (Å²) in [5.41, 5.74) is 9.95. The number of nitrogens with zero attached hydrogens (tertiary/aromatic N) is 5. The Morgan fingerprint density at radius 1 is 0.932 bits per heavy atom. The van der Waals surface area contributed by atoms with Crippen LogP contribution in [0.4, 0.5) is 11.5 Å².